The highest BCUT2D eigenvalue weighted by molar-refractivity contribution is 5.98. The average molecular weight is 456 g/mol. The van der Waals surface area contributed by atoms with Crippen molar-refractivity contribution in [2.75, 3.05) is 33.9 Å². The summed E-state index contributed by atoms with van der Waals surface area (Å²) in [5.74, 6) is 0.365. The number of carbonyl (C=O) groups is 3. The molecule has 1 aromatic carbocycles. The highest BCUT2D eigenvalue weighted by Crippen LogP contribution is 2.25. The lowest BCUT2D eigenvalue weighted by Gasteiger charge is -2.20. The Morgan fingerprint density at radius 2 is 1.94 bits per heavy atom. The Balaban J connectivity index is 1.67. The average Bonchev–Trinajstić information content (AvgIpc) is 2.84. The molecular formula is C23H28N4O6. The monoisotopic (exact) mass is 456 g/mol. The molecule has 0 saturated carbocycles. The molecule has 1 atom stereocenters. The van der Waals surface area contributed by atoms with Gasteiger partial charge in [-0.15, -0.1) is 0 Å². The van der Waals surface area contributed by atoms with E-state index in [9.17, 15) is 14.4 Å². The van der Waals surface area contributed by atoms with E-state index in [2.05, 4.69) is 20.9 Å². The number of fused-ring (bicyclic) bond motifs is 1. The number of ether oxygens (including phenoxy) is 3. The molecule has 0 spiro atoms. The molecule has 0 aliphatic carbocycles. The van der Waals surface area contributed by atoms with Crippen molar-refractivity contribution in [2.24, 2.45) is 0 Å². The van der Waals surface area contributed by atoms with Crippen molar-refractivity contribution in [3.8, 4) is 17.4 Å². The molecule has 2 heterocycles. The fraction of sp³-hybridized carbons (Fsp3) is 0.391. The van der Waals surface area contributed by atoms with Crippen LogP contribution in [0.4, 0.5) is 0 Å². The number of hydrogen-bond donors (Lipinski definition) is 3. The Hall–Kier alpha value is -3.82. The lowest BCUT2D eigenvalue weighted by atomic mass is 10.1. The summed E-state index contributed by atoms with van der Waals surface area (Å²) in [7, 11) is 3.02. The van der Waals surface area contributed by atoms with Crippen LogP contribution in [0.25, 0.3) is 0 Å². The van der Waals surface area contributed by atoms with Crippen molar-refractivity contribution in [3.05, 3.63) is 47.7 Å². The third-order valence-electron chi connectivity index (χ3n) is 5.13. The summed E-state index contributed by atoms with van der Waals surface area (Å²) in [4.78, 5) is 41.9. The van der Waals surface area contributed by atoms with E-state index in [0.717, 1.165) is 0 Å². The van der Waals surface area contributed by atoms with Crippen molar-refractivity contribution in [2.45, 2.75) is 25.3 Å². The normalized spacial score (nSPS) is 17.3. The number of hydrogen-bond acceptors (Lipinski definition) is 7. The van der Waals surface area contributed by atoms with Crippen molar-refractivity contribution < 1.29 is 28.6 Å². The fourth-order valence-electron chi connectivity index (χ4n) is 3.31. The highest BCUT2D eigenvalue weighted by atomic mass is 16.5. The van der Waals surface area contributed by atoms with E-state index in [1.54, 1.807) is 30.3 Å². The zero-order chi connectivity index (χ0) is 23.6. The lowest BCUT2D eigenvalue weighted by molar-refractivity contribution is -0.123. The fourth-order valence-corrected chi connectivity index (χ4v) is 3.31. The molecule has 0 saturated heterocycles. The summed E-state index contributed by atoms with van der Waals surface area (Å²) >= 11 is 0. The standard InChI is InChI=1S/C23H28N4O6/c1-31-16-7-8-17-19(13-16)33-12-11-25-23(30)18(5-3-4-10-24-22(17)29)27-21(28)15-6-9-20(32-2)26-14-15/h6-9,13-14,18H,3-5,10-12H2,1-2H3,(H,24,29)(H,25,30)(H,27,28)/t18-/m0/s1. The van der Waals surface area contributed by atoms with Gasteiger partial charge in [0.2, 0.25) is 11.8 Å². The van der Waals surface area contributed by atoms with E-state index < -0.39 is 11.9 Å². The van der Waals surface area contributed by atoms with Gasteiger partial charge >= 0.3 is 0 Å². The largest absolute Gasteiger partial charge is 0.497 e. The first kappa shape index (κ1) is 23.8. The molecule has 0 radical (unpaired) electrons. The molecule has 10 heteroatoms. The first-order valence-corrected chi connectivity index (χ1v) is 10.7. The van der Waals surface area contributed by atoms with Crippen LogP contribution in [0.15, 0.2) is 36.5 Å². The van der Waals surface area contributed by atoms with Crippen LogP contribution in [-0.4, -0.2) is 62.7 Å². The molecule has 1 aliphatic heterocycles. The van der Waals surface area contributed by atoms with Crippen molar-refractivity contribution >= 4 is 17.7 Å². The summed E-state index contributed by atoms with van der Waals surface area (Å²) in [5, 5.41) is 8.42. The number of nitrogens with zero attached hydrogens (tertiary/aromatic N) is 1. The van der Waals surface area contributed by atoms with Crippen molar-refractivity contribution in [3.63, 3.8) is 0 Å². The topological polar surface area (TPSA) is 128 Å². The van der Waals surface area contributed by atoms with Crippen molar-refractivity contribution in [1.82, 2.24) is 20.9 Å². The van der Waals surface area contributed by atoms with Gasteiger partial charge in [-0.3, -0.25) is 14.4 Å². The van der Waals surface area contributed by atoms with Gasteiger partial charge in [0.1, 0.15) is 24.1 Å². The van der Waals surface area contributed by atoms with Gasteiger partial charge in [0.15, 0.2) is 0 Å². The predicted octanol–water partition coefficient (Wildman–Crippen LogP) is 1.31. The molecule has 176 valence electrons. The Morgan fingerprint density at radius 1 is 1.09 bits per heavy atom. The second kappa shape index (κ2) is 11.7. The molecule has 33 heavy (non-hydrogen) atoms. The summed E-state index contributed by atoms with van der Waals surface area (Å²) in [6.07, 6.45) is 3.09. The zero-order valence-corrected chi connectivity index (χ0v) is 18.7. The lowest BCUT2D eigenvalue weighted by Crippen LogP contribution is -2.47. The maximum absolute atomic E-state index is 12.7. The van der Waals surface area contributed by atoms with E-state index in [-0.39, 0.29) is 25.0 Å². The van der Waals surface area contributed by atoms with Gasteiger partial charge in [0, 0.05) is 24.9 Å². The van der Waals surface area contributed by atoms with E-state index in [1.165, 1.54) is 20.4 Å². The zero-order valence-electron chi connectivity index (χ0n) is 18.7. The molecule has 2 aromatic rings. The molecule has 1 aliphatic rings. The van der Waals surface area contributed by atoms with Crippen LogP contribution < -0.4 is 30.2 Å². The number of aromatic nitrogens is 1. The van der Waals surface area contributed by atoms with Gasteiger partial charge in [-0.2, -0.15) is 0 Å². The van der Waals surface area contributed by atoms with Crippen molar-refractivity contribution in [1.29, 1.82) is 0 Å². The molecule has 0 unspecified atom stereocenters. The van der Waals surface area contributed by atoms with Crippen LogP contribution >= 0.6 is 0 Å². The maximum atomic E-state index is 12.7. The summed E-state index contributed by atoms with van der Waals surface area (Å²) in [5.41, 5.74) is 0.724. The Bertz CT molecular complexity index is 979. The van der Waals surface area contributed by atoms with Crippen LogP contribution in [0.1, 0.15) is 40.0 Å². The van der Waals surface area contributed by atoms with E-state index in [0.29, 0.717) is 54.3 Å². The quantitative estimate of drug-likeness (QED) is 0.633. The molecule has 10 nitrogen and oxygen atoms in total. The number of methoxy groups -OCH3 is 2. The predicted molar refractivity (Wildman–Crippen MR) is 120 cm³/mol. The van der Waals surface area contributed by atoms with Crippen LogP contribution in [0.3, 0.4) is 0 Å². The summed E-state index contributed by atoms with van der Waals surface area (Å²) in [6, 6.07) is 7.40. The van der Waals surface area contributed by atoms with E-state index >= 15 is 0 Å². The minimum absolute atomic E-state index is 0.141. The second-order valence-corrected chi connectivity index (χ2v) is 7.37. The Kier molecular flexibility index (Phi) is 8.45. The third-order valence-corrected chi connectivity index (χ3v) is 5.13. The first-order chi connectivity index (χ1) is 16.0. The minimum atomic E-state index is -0.731. The second-order valence-electron chi connectivity index (χ2n) is 7.37. The van der Waals surface area contributed by atoms with Crippen LogP contribution in [-0.2, 0) is 4.79 Å². The van der Waals surface area contributed by atoms with Crippen LogP contribution in [0, 0.1) is 0 Å². The smallest absolute Gasteiger partial charge is 0.255 e. The maximum Gasteiger partial charge on any atom is 0.255 e. The molecule has 3 rings (SSSR count). The van der Waals surface area contributed by atoms with Gasteiger partial charge in [-0.1, -0.05) is 0 Å². The number of amides is 3. The Morgan fingerprint density at radius 3 is 2.67 bits per heavy atom. The van der Waals surface area contributed by atoms with Gasteiger partial charge < -0.3 is 30.2 Å². The Labute approximate surface area is 192 Å². The highest BCUT2D eigenvalue weighted by Gasteiger charge is 2.22. The SMILES string of the molecule is COc1ccc2c(c1)OCCNC(=O)[C@@H](NC(=O)c1ccc(OC)nc1)CCCCNC2=O. The minimum Gasteiger partial charge on any atom is -0.497 e. The summed E-state index contributed by atoms with van der Waals surface area (Å²) < 4.78 is 15.9. The molecule has 0 bridgehead atoms. The van der Waals surface area contributed by atoms with Gasteiger partial charge in [0.05, 0.1) is 31.9 Å². The molecule has 3 N–H and O–H groups in total. The number of carbonyl (C=O) groups excluding carboxylic acids is 3. The van der Waals surface area contributed by atoms with Crippen LogP contribution in [0.5, 0.6) is 17.4 Å². The number of nitrogens with one attached hydrogen (secondary N) is 3. The summed E-state index contributed by atoms with van der Waals surface area (Å²) in [6.45, 7) is 0.769. The molecule has 3 amide bonds. The van der Waals surface area contributed by atoms with Gasteiger partial charge in [0.25, 0.3) is 11.8 Å². The van der Waals surface area contributed by atoms with Gasteiger partial charge in [-0.25, -0.2) is 4.98 Å². The third kappa shape index (κ3) is 6.58. The van der Waals surface area contributed by atoms with E-state index in [1.807, 2.05) is 0 Å². The number of pyridine rings is 1. The molecule has 1 aromatic heterocycles. The number of benzene rings is 1. The van der Waals surface area contributed by atoms with E-state index in [4.69, 9.17) is 14.2 Å². The molecular weight excluding hydrogens is 428 g/mol. The van der Waals surface area contributed by atoms with Gasteiger partial charge in [-0.05, 0) is 37.5 Å². The molecule has 0 fully saturated rings. The first-order valence-electron chi connectivity index (χ1n) is 10.7. The van der Waals surface area contributed by atoms with Crippen LogP contribution in [0.2, 0.25) is 0 Å². The number of rotatable bonds is 4.